The van der Waals surface area contributed by atoms with Crippen LogP contribution < -0.4 is 4.74 Å². The van der Waals surface area contributed by atoms with Crippen molar-refractivity contribution in [1.29, 1.82) is 0 Å². The number of fused-ring (bicyclic) bond motifs is 3. The molecule has 0 aliphatic heterocycles. The fourth-order valence-corrected chi connectivity index (χ4v) is 6.58. The maximum atomic E-state index is 6.47. The van der Waals surface area contributed by atoms with Gasteiger partial charge < -0.3 is 9.30 Å². The van der Waals surface area contributed by atoms with Crippen molar-refractivity contribution in [1.82, 2.24) is 19.3 Å². The van der Waals surface area contributed by atoms with Crippen LogP contribution in [0.3, 0.4) is 0 Å². The molecule has 7 aromatic rings. The fourth-order valence-electron chi connectivity index (χ4n) is 6.58. The molecule has 0 saturated carbocycles. The molecular weight excluding hydrogens is 647 g/mol. The number of ether oxygens (including phenoxy) is 1. The van der Waals surface area contributed by atoms with Gasteiger partial charge in [-0.2, -0.15) is 16.7 Å². The Balaban J connectivity index is 0.00000357. The minimum Gasteiger partial charge on any atom is -0.509 e. The van der Waals surface area contributed by atoms with Crippen molar-refractivity contribution in [2.24, 2.45) is 0 Å². The standard InChI is InChI=1S/C39H34N4O.Pd/c1-23-14-15-40-37(20-23)42-35-11-9-8-10-33(35)34-13-12-31(22-36(34)42)44-32-19-25(3)18-30(21-32)43-29(7)39(28(6)41-43)38-26(4)16-24(2)17-27(38)5;/h8-20H,1-7H3;/q-2;+2. The van der Waals surface area contributed by atoms with Gasteiger partial charge in [0.2, 0.25) is 0 Å². The average molecular weight is 681 g/mol. The van der Waals surface area contributed by atoms with Crippen LogP contribution in [0.25, 0.3) is 44.4 Å². The number of nitrogens with zero attached hydrogens (tertiary/aromatic N) is 4. The molecule has 4 aromatic carbocycles. The molecule has 0 aliphatic carbocycles. The first-order chi connectivity index (χ1) is 21.2. The first kappa shape index (κ1) is 30.5. The zero-order valence-electron chi connectivity index (χ0n) is 26.5. The molecule has 0 atom stereocenters. The summed E-state index contributed by atoms with van der Waals surface area (Å²) in [6.45, 7) is 14.9. The Hall–Kier alpha value is -4.50. The summed E-state index contributed by atoms with van der Waals surface area (Å²) in [7, 11) is 0. The van der Waals surface area contributed by atoms with Crippen LogP contribution in [-0.2, 0) is 20.4 Å². The largest absolute Gasteiger partial charge is 2.00 e. The summed E-state index contributed by atoms with van der Waals surface area (Å²) in [6.07, 6.45) is 1.85. The van der Waals surface area contributed by atoms with Gasteiger partial charge in [0.25, 0.3) is 0 Å². The Morgan fingerprint density at radius 3 is 2.16 bits per heavy atom. The first-order valence-electron chi connectivity index (χ1n) is 14.9. The quantitative estimate of drug-likeness (QED) is 0.134. The van der Waals surface area contributed by atoms with E-state index in [0.717, 1.165) is 55.8 Å². The maximum absolute atomic E-state index is 6.47. The van der Waals surface area contributed by atoms with E-state index in [1.54, 1.807) is 0 Å². The molecule has 0 N–H and O–H groups in total. The summed E-state index contributed by atoms with van der Waals surface area (Å²) in [5.41, 5.74) is 13.3. The van der Waals surface area contributed by atoms with Gasteiger partial charge in [-0.25, -0.2) is 4.98 Å². The molecule has 3 heterocycles. The number of hydrogen-bond donors (Lipinski definition) is 0. The molecule has 0 saturated heterocycles. The summed E-state index contributed by atoms with van der Waals surface area (Å²) >= 11 is 0. The van der Waals surface area contributed by atoms with Crippen LogP contribution in [0.5, 0.6) is 11.5 Å². The van der Waals surface area contributed by atoms with E-state index < -0.39 is 0 Å². The SMILES string of the molecule is Cc1cc(Oc2[c-]c3c(cc2)c2ccccc2n3-c2cc(C)ccn2)[c-]c(-n2nc(C)c(-c3c(C)cc(C)cc3C)c2C)c1.[Pd+2]. The third-order valence-electron chi connectivity index (χ3n) is 8.33. The number of rotatable bonds is 5. The normalized spacial score (nSPS) is 11.3. The molecular formula is C39H34N4OPd. The van der Waals surface area contributed by atoms with Crippen LogP contribution in [-0.4, -0.2) is 19.3 Å². The summed E-state index contributed by atoms with van der Waals surface area (Å²) < 4.78 is 10.6. The molecule has 45 heavy (non-hydrogen) atoms. The van der Waals surface area contributed by atoms with E-state index in [-0.39, 0.29) is 20.4 Å². The van der Waals surface area contributed by atoms with Crippen LogP contribution in [0.15, 0.2) is 79.0 Å². The summed E-state index contributed by atoms with van der Waals surface area (Å²) in [6, 6.07) is 32.2. The van der Waals surface area contributed by atoms with Gasteiger partial charge in [-0.1, -0.05) is 48.3 Å². The Kier molecular flexibility index (Phi) is 7.99. The van der Waals surface area contributed by atoms with E-state index in [4.69, 9.17) is 14.8 Å². The maximum Gasteiger partial charge on any atom is 2.00 e. The molecule has 0 radical (unpaired) electrons. The van der Waals surface area contributed by atoms with Crippen LogP contribution in [0.1, 0.15) is 39.2 Å². The second kappa shape index (κ2) is 11.8. The van der Waals surface area contributed by atoms with Crippen LogP contribution in [0.2, 0.25) is 0 Å². The third kappa shape index (κ3) is 5.39. The van der Waals surface area contributed by atoms with Crippen molar-refractivity contribution in [3.63, 3.8) is 0 Å². The number of pyridine rings is 1. The molecule has 0 spiro atoms. The number of aryl methyl sites for hydroxylation is 6. The molecule has 226 valence electrons. The topological polar surface area (TPSA) is 44.9 Å². The molecule has 0 unspecified atom stereocenters. The Bertz CT molecular complexity index is 2220. The van der Waals surface area contributed by atoms with Crippen molar-refractivity contribution >= 4 is 21.8 Å². The predicted molar refractivity (Wildman–Crippen MR) is 178 cm³/mol. The number of aromatic nitrogens is 4. The molecule has 0 aliphatic rings. The zero-order chi connectivity index (χ0) is 30.7. The van der Waals surface area contributed by atoms with Gasteiger partial charge in [-0.05, 0) is 93.1 Å². The minimum atomic E-state index is 0. The van der Waals surface area contributed by atoms with Crippen molar-refractivity contribution < 1.29 is 25.2 Å². The van der Waals surface area contributed by atoms with E-state index >= 15 is 0 Å². The number of hydrogen-bond acceptors (Lipinski definition) is 3. The number of para-hydroxylation sites is 1. The Labute approximate surface area is 278 Å². The first-order valence-corrected chi connectivity index (χ1v) is 14.9. The fraction of sp³-hybridized carbons (Fsp3) is 0.179. The summed E-state index contributed by atoms with van der Waals surface area (Å²) in [5.74, 6) is 2.08. The summed E-state index contributed by atoms with van der Waals surface area (Å²) in [4.78, 5) is 4.69. The predicted octanol–water partition coefficient (Wildman–Crippen LogP) is 9.58. The van der Waals surface area contributed by atoms with E-state index in [1.807, 2.05) is 29.1 Å². The van der Waals surface area contributed by atoms with Crippen molar-refractivity contribution in [3.05, 3.63) is 130 Å². The average Bonchev–Trinajstić information content (AvgIpc) is 3.45. The van der Waals surface area contributed by atoms with E-state index in [1.165, 1.54) is 27.8 Å². The second-order valence-electron chi connectivity index (χ2n) is 11.9. The minimum absolute atomic E-state index is 0. The monoisotopic (exact) mass is 680 g/mol. The van der Waals surface area contributed by atoms with Gasteiger partial charge in [0.05, 0.1) is 5.69 Å². The summed E-state index contributed by atoms with van der Waals surface area (Å²) in [5, 5.41) is 7.23. The smallest absolute Gasteiger partial charge is 0.509 e. The third-order valence-corrected chi connectivity index (χ3v) is 8.33. The molecule has 0 bridgehead atoms. The van der Waals surface area contributed by atoms with Gasteiger partial charge in [0.15, 0.2) is 0 Å². The van der Waals surface area contributed by atoms with E-state index in [2.05, 4.69) is 120 Å². The van der Waals surface area contributed by atoms with Crippen LogP contribution in [0.4, 0.5) is 0 Å². The molecule has 0 fully saturated rings. The molecule has 6 heteroatoms. The van der Waals surface area contributed by atoms with E-state index in [0.29, 0.717) is 11.5 Å². The van der Waals surface area contributed by atoms with Crippen LogP contribution in [0, 0.1) is 60.6 Å². The Morgan fingerprint density at radius 2 is 1.40 bits per heavy atom. The second-order valence-corrected chi connectivity index (χ2v) is 11.9. The molecule has 3 aromatic heterocycles. The van der Waals surface area contributed by atoms with Gasteiger partial charge in [0, 0.05) is 34.5 Å². The number of benzene rings is 4. The zero-order valence-corrected chi connectivity index (χ0v) is 28.1. The van der Waals surface area contributed by atoms with Gasteiger partial charge in [0.1, 0.15) is 5.82 Å². The molecule has 0 amide bonds. The van der Waals surface area contributed by atoms with Crippen molar-refractivity contribution in [2.45, 2.75) is 48.5 Å². The molecule has 5 nitrogen and oxygen atoms in total. The Morgan fingerprint density at radius 1 is 0.667 bits per heavy atom. The molecule has 7 rings (SSSR count). The van der Waals surface area contributed by atoms with Gasteiger partial charge in [-0.15, -0.1) is 35.7 Å². The van der Waals surface area contributed by atoms with Crippen molar-refractivity contribution in [3.8, 4) is 34.1 Å². The van der Waals surface area contributed by atoms with Gasteiger partial charge in [-0.3, -0.25) is 4.68 Å². The van der Waals surface area contributed by atoms with E-state index in [9.17, 15) is 0 Å². The van der Waals surface area contributed by atoms with Crippen LogP contribution >= 0.6 is 0 Å². The van der Waals surface area contributed by atoms with Gasteiger partial charge >= 0.3 is 20.4 Å². The van der Waals surface area contributed by atoms with Crippen molar-refractivity contribution in [2.75, 3.05) is 0 Å².